The molecule has 5 nitrogen and oxygen atoms in total. The van der Waals surface area contributed by atoms with E-state index in [1.165, 1.54) is 5.56 Å². The molecule has 2 aromatic rings. The normalized spacial score (nSPS) is 14.7. The molecule has 0 unspecified atom stereocenters. The topological polar surface area (TPSA) is 53.6 Å². The highest BCUT2D eigenvalue weighted by atomic mass is 16.5. The quantitative estimate of drug-likeness (QED) is 0.842. The summed E-state index contributed by atoms with van der Waals surface area (Å²) >= 11 is 0. The maximum atomic E-state index is 12.4. The lowest BCUT2D eigenvalue weighted by molar-refractivity contribution is -0.114. The van der Waals surface area contributed by atoms with E-state index in [1.54, 1.807) is 0 Å². The lowest BCUT2D eigenvalue weighted by Crippen LogP contribution is -2.37. The maximum Gasteiger partial charge on any atom is 0.243 e. The summed E-state index contributed by atoms with van der Waals surface area (Å²) < 4.78 is 5.42. The van der Waals surface area contributed by atoms with Gasteiger partial charge in [0.05, 0.1) is 31.1 Å². The second kappa shape index (κ2) is 8.44. The molecule has 1 amide bonds. The van der Waals surface area contributed by atoms with Crippen LogP contribution < -0.4 is 15.5 Å². The van der Waals surface area contributed by atoms with Gasteiger partial charge in [0.2, 0.25) is 5.91 Å². The van der Waals surface area contributed by atoms with Crippen LogP contribution in [0.4, 0.5) is 17.1 Å². The minimum atomic E-state index is -0.0596. The van der Waals surface area contributed by atoms with Gasteiger partial charge in [-0.25, -0.2) is 0 Å². The van der Waals surface area contributed by atoms with Crippen molar-refractivity contribution < 1.29 is 9.53 Å². The number of nitrogens with one attached hydrogen (secondary N) is 2. The van der Waals surface area contributed by atoms with Crippen LogP contribution in [0.15, 0.2) is 48.5 Å². The molecule has 1 saturated heterocycles. The number of amides is 1. The minimum absolute atomic E-state index is 0.0596. The van der Waals surface area contributed by atoms with Gasteiger partial charge < -0.3 is 20.3 Å². The van der Waals surface area contributed by atoms with Crippen molar-refractivity contribution in [2.75, 3.05) is 48.4 Å². The van der Waals surface area contributed by atoms with Gasteiger partial charge in [-0.2, -0.15) is 0 Å². The summed E-state index contributed by atoms with van der Waals surface area (Å²) in [5.74, 6) is -0.0596. The average Bonchev–Trinajstić information content (AvgIpc) is 2.67. The minimum Gasteiger partial charge on any atom is -0.378 e. The summed E-state index contributed by atoms with van der Waals surface area (Å²) in [7, 11) is 0. The number of anilines is 3. The fourth-order valence-electron chi connectivity index (χ4n) is 3.12. The van der Waals surface area contributed by atoms with Crippen LogP contribution in [0, 0.1) is 0 Å². The summed E-state index contributed by atoms with van der Waals surface area (Å²) in [5.41, 5.74) is 4.23. The number of hydrogen-bond donors (Lipinski definition) is 2. The van der Waals surface area contributed by atoms with E-state index in [1.807, 2.05) is 36.4 Å². The van der Waals surface area contributed by atoms with Crippen LogP contribution in [0.5, 0.6) is 0 Å². The van der Waals surface area contributed by atoms with E-state index in [2.05, 4.69) is 48.4 Å². The second-order valence-electron chi connectivity index (χ2n) is 7.85. The molecule has 0 bridgehead atoms. The van der Waals surface area contributed by atoms with Crippen molar-refractivity contribution in [3.63, 3.8) is 0 Å². The van der Waals surface area contributed by atoms with Crippen LogP contribution in [-0.4, -0.2) is 38.8 Å². The molecule has 1 heterocycles. The highest BCUT2D eigenvalue weighted by Crippen LogP contribution is 2.26. The number of morpholine rings is 1. The lowest BCUT2D eigenvalue weighted by Gasteiger charge is -2.30. The van der Waals surface area contributed by atoms with Crippen molar-refractivity contribution in [3.05, 3.63) is 54.1 Å². The van der Waals surface area contributed by atoms with Gasteiger partial charge in [-0.05, 0) is 35.2 Å². The molecule has 0 atom stereocenters. The average molecular weight is 367 g/mol. The Bertz CT molecular complexity index is 760. The molecule has 1 fully saturated rings. The number of nitrogens with zero attached hydrogens (tertiary/aromatic N) is 1. The fraction of sp³-hybridized carbons (Fsp3) is 0.409. The summed E-state index contributed by atoms with van der Waals surface area (Å²) in [4.78, 5) is 14.7. The van der Waals surface area contributed by atoms with Gasteiger partial charge in [0.25, 0.3) is 0 Å². The van der Waals surface area contributed by atoms with E-state index >= 15 is 0 Å². The molecular formula is C22H29N3O2. The Morgan fingerprint density at radius 2 is 1.70 bits per heavy atom. The Kier molecular flexibility index (Phi) is 6.01. The molecule has 2 aromatic carbocycles. The highest BCUT2D eigenvalue weighted by Gasteiger charge is 2.16. The van der Waals surface area contributed by atoms with Crippen LogP contribution in [0.2, 0.25) is 0 Å². The van der Waals surface area contributed by atoms with Gasteiger partial charge in [0.1, 0.15) is 0 Å². The monoisotopic (exact) mass is 367 g/mol. The Hall–Kier alpha value is -2.53. The van der Waals surface area contributed by atoms with E-state index in [-0.39, 0.29) is 17.9 Å². The Balaban J connectivity index is 1.58. The zero-order valence-corrected chi connectivity index (χ0v) is 16.4. The van der Waals surface area contributed by atoms with E-state index in [0.717, 1.165) is 30.2 Å². The Morgan fingerprint density at radius 1 is 1.04 bits per heavy atom. The van der Waals surface area contributed by atoms with Crippen molar-refractivity contribution in [2.24, 2.45) is 0 Å². The molecule has 27 heavy (non-hydrogen) atoms. The van der Waals surface area contributed by atoms with Gasteiger partial charge >= 0.3 is 0 Å². The van der Waals surface area contributed by atoms with Crippen LogP contribution in [-0.2, 0) is 14.9 Å². The molecule has 5 heteroatoms. The van der Waals surface area contributed by atoms with Crippen molar-refractivity contribution in [2.45, 2.75) is 26.2 Å². The predicted octanol–water partition coefficient (Wildman–Crippen LogP) is 3.87. The number of para-hydroxylation sites is 2. The fourth-order valence-corrected chi connectivity index (χ4v) is 3.12. The van der Waals surface area contributed by atoms with Crippen molar-refractivity contribution in [1.29, 1.82) is 0 Å². The highest BCUT2D eigenvalue weighted by molar-refractivity contribution is 5.96. The number of rotatable bonds is 5. The Morgan fingerprint density at radius 3 is 2.37 bits per heavy atom. The summed E-state index contributed by atoms with van der Waals surface area (Å²) in [6.07, 6.45) is 0. The molecule has 144 valence electrons. The molecule has 0 aliphatic carbocycles. The smallest absolute Gasteiger partial charge is 0.243 e. The summed E-state index contributed by atoms with van der Waals surface area (Å²) in [6, 6.07) is 16.2. The largest absolute Gasteiger partial charge is 0.378 e. The molecule has 0 saturated carbocycles. The van der Waals surface area contributed by atoms with E-state index in [4.69, 9.17) is 4.74 Å². The molecule has 0 spiro atoms. The number of benzene rings is 2. The first-order chi connectivity index (χ1) is 12.9. The first-order valence-corrected chi connectivity index (χ1v) is 9.49. The molecule has 2 N–H and O–H groups in total. The van der Waals surface area contributed by atoms with Crippen molar-refractivity contribution >= 4 is 23.0 Å². The van der Waals surface area contributed by atoms with E-state index in [9.17, 15) is 4.79 Å². The molecule has 0 aromatic heterocycles. The van der Waals surface area contributed by atoms with Crippen LogP contribution >= 0.6 is 0 Å². The first-order valence-electron chi connectivity index (χ1n) is 9.49. The number of hydrogen-bond acceptors (Lipinski definition) is 4. The number of carbonyl (C=O) groups is 1. The zero-order valence-electron chi connectivity index (χ0n) is 16.4. The van der Waals surface area contributed by atoms with Gasteiger partial charge in [-0.15, -0.1) is 0 Å². The van der Waals surface area contributed by atoms with Gasteiger partial charge in [-0.1, -0.05) is 45.0 Å². The summed E-state index contributed by atoms with van der Waals surface area (Å²) in [6.45, 7) is 9.91. The third-order valence-corrected chi connectivity index (χ3v) is 4.73. The van der Waals surface area contributed by atoms with Crippen molar-refractivity contribution in [3.8, 4) is 0 Å². The van der Waals surface area contributed by atoms with Crippen molar-refractivity contribution in [1.82, 2.24) is 0 Å². The Labute approximate surface area is 161 Å². The number of ether oxygens (including phenoxy) is 1. The zero-order chi connectivity index (χ0) is 19.3. The van der Waals surface area contributed by atoms with Gasteiger partial charge in [0, 0.05) is 18.8 Å². The first kappa shape index (κ1) is 19.2. The SMILES string of the molecule is CC(C)(C)c1ccc(NCC(=O)Nc2ccccc2N2CCOCC2)cc1. The predicted molar refractivity (Wildman–Crippen MR) is 112 cm³/mol. The number of carbonyl (C=O) groups excluding carboxylic acids is 1. The summed E-state index contributed by atoms with van der Waals surface area (Å²) in [5, 5.41) is 6.23. The molecule has 1 aliphatic rings. The van der Waals surface area contributed by atoms with Gasteiger partial charge in [-0.3, -0.25) is 4.79 Å². The molecule has 3 rings (SSSR count). The lowest BCUT2D eigenvalue weighted by atomic mass is 9.87. The molecule has 0 radical (unpaired) electrons. The standard InChI is InChI=1S/C22H29N3O2/c1-22(2,3)17-8-10-18(11-9-17)23-16-21(26)24-19-6-4-5-7-20(19)25-12-14-27-15-13-25/h4-11,23H,12-16H2,1-3H3,(H,24,26). The maximum absolute atomic E-state index is 12.4. The van der Waals surface area contributed by atoms with Crippen LogP contribution in [0.1, 0.15) is 26.3 Å². The van der Waals surface area contributed by atoms with Crippen LogP contribution in [0.25, 0.3) is 0 Å². The van der Waals surface area contributed by atoms with Crippen LogP contribution in [0.3, 0.4) is 0 Å². The van der Waals surface area contributed by atoms with E-state index < -0.39 is 0 Å². The molecular weight excluding hydrogens is 338 g/mol. The third kappa shape index (κ3) is 5.23. The van der Waals surface area contributed by atoms with Gasteiger partial charge in [0.15, 0.2) is 0 Å². The van der Waals surface area contributed by atoms with E-state index in [0.29, 0.717) is 13.2 Å². The third-order valence-electron chi connectivity index (χ3n) is 4.73. The molecule has 1 aliphatic heterocycles. The second-order valence-corrected chi connectivity index (χ2v) is 7.85.